The minimum Gasteiger partial charge on any atom is -0.0988 e. The van der Waals surface area contributed by atoms with Gasteiger partial charge in [0.1, 0.15) is 0 Å². The summed E-state index contributed by atoms with van der Waals surface area (Å²) in [4.78, 5) is 0. The fourth-order valence-corrected chi connectivity index (χ4v) is 1.55. The molecule has 0 spiro atoms. The van der Waals surface area contributed by atoms with Crippen molar-refractivity contribution in [2.24, 2.45) is 0 Å². The predicted molar refractivity (Wildman–Crippen MR) is 84.7 cm³/mol. The van der Waals surface area contributed by atoms with E-state index >= 15 is 0 Å². The van der Waals surface area contributed by atoms with Crippen LogP contribution in [0.3, 0.4) is 0 Å². The lowest BCUT2D eigenvalue weighted by Gasteiger charge is -2.03. The fraction of sp³-hybridized carbons (Fsp3) is 0.333. The zero-order chi connectivity index (χ0) is 14.0. The van der Waals surface area contributed by atoms with Crippen LogP contribution in [0.15, 0.2) is 71.9 Å². The molecule has 0 heterocycles. The van der Waals surface area contributed by atoms with Gasteiger partial charge < -0.3 is 0 Å². The average molecular weight is 242 g/mol. The third-order valence-corrected chi connectivity index (χ3v) is 2.94. The first-order chi connectivity index (χ1) is 8.57. The molecule has 0 radical (unpaired) electrons. The van der Waals surface area contributed by atoms with Gasteiger partial charge in [-0.15, -0.1) is 0 Å². The number of hydrogen-bond acceptors (Lipinski definition) is 0. The second kappa shape index (κ2) is 9.47. The van der Waals surface area contributed by atoms with E-state index < -0.39 is 0 Å². The Morgan fingerprint density at radius 1 is 0.778 bits per heavy atom. The first kappa shape index (κ1) is 16.4. The molecule has 0 bridgehead atoms. The van der Waals surface area contributed by atoms with Crippen LogP contribution in [0.2, 0.25) is 0 Å². The van der Waals surface area contributed by atoms with Crippen LogP contribution in [-0.4, -0.2) is 0 Å². The molecule has 0 nitrogen and oxygen atoms in total. The summed E-state index contributed by atoms with van der Waals surface area (Å²) in [7, 11) is 0. The summed E-state index contributed by atoms with van der Waals surface area (Å²) in [6.07, 6.45) is 14.4. The second-order valence-electron chi connectivity index (χ2n) is 4.52. The molecule has 18 heavy (non-hydrogen) atoms. The van der Waals surface area contributed by atoms with Crippen molar-refractivity contribution in [3.05, 3.63) is 71.9 Å². The summed E-state index contributed by atoms with van der Waals surface area (Å²) in [6, 6.07) is 0. The van der Waals surface area contributed by atoms with E-state index in [0.29, 0.717) is 0 Å². The van der Waals surface area contributed by atoms with E-state index in [4.69, 9.17) is 0 Å². The van der Waals surface area contributed by atoms with Crippen molar-refractivity contribution in [3.63, 3.8) is 0 Å². The lowest BCUT2D eigenvalue weighted by molar-refractivity contribution is 1.13. The van der Waals surface area contributed by atoms with Gasteiger partial charge in [-0.1, -0.05) is 60.8 Å². The topological polar surface area (TPSA) is 0 Å². The van der Waals surface area contributed by atoms with Crippen LogP contribution in [0.5, 0.6) is 0 Å². The predicted octanol–water partition coefficient (Wildman–Crippen LogP) is 5.92. The highest BCUT2D eigenvalue weighted by Crippen LogP contribution is 2.15. The highest BCUT2D eigenvalue weighted by atomic mass is 14.0. The summed E-state index contributed by atoms with van der Waals surface area (Å²) in [6.45, 7) is 16.1. The molecule has 0 aliphatic heterocycles. The number of rotatable bonds is 7. The highest BCUT2D eigenvalue weighted by Gasteiger charge is 1.95. The Bertz CT molecular complexity index is 398. The first-order valence-corrected chi connectivity index (χ1v) is 6.45. The molecule has 0 N–H and O–H groups in total. The van der Waals surface area contributed by atoms with Crippen LogP contribution in [-0.2, 0) is 0 Å². The smallest absolute Gasteiger partial charge is 0.00702 e. The van der Waals surface area contributed by atoms with E-state index in [0.717, 1.165) is 12.8 Å². The van der Waals surface area contributed by atoms with Crippen molar-refractivity contribution >= 4 is 0 Å². The zero-order valence-electron chi connectivity index (χ0n) is 12.3. The van der Waals surface area contributed by atoms with Gasteiger partial charge in [-0.05, 0) is 51.7 Å². The molecule has 0 aliphatic carbocycles. The Morgan fingerprint density at radius 2 is 1.33 bits per heavy atom. The molecule has 0 aromatic rings. The summed E-state index contributed by atoms with van der Waals surface area (Å²) in [5.74, 6) is 0. The van der Waals surface area contributed by atoms with Crippen LogP contribution < -0.4 is 0 Å². The van der Waals surface area contributed by atoms with Crippen LogP contribution in [0.1, 0.15) is 40.5 Å². The molecule has 0 saturated heterocycles. The largest absolute Gasteiger partial charge is 0.0988 e. The SMILES string of the molecule is C=C/C(=C\C=C(/C)C/C(C=C)=C/C)C/C(C)=C/C. The van der Waals surface area contributed by atoms with Gasteiger partial charge in [-0.3, -0.25) is 0 Å². The Morgan fingerprint density at radius 3 is 1.78 bits per heavy atom. The van der Waals surface area contributed by atoms with Crippen molar-refractivity contribution in [2.45, 2.75) is 40.5 Å². The maximum absolute atomic E-state index is 3.87. The van der Waals surface area contributed by atoms with Gasteiger partial charge >= 0.3 is 0 Å². The Kier molecular flexibility index (Phi) is 8.65. The minimum absolute atomic E-state index is 0.962. The molecule has 0 amide bonds. The lowest BCUT2D eigenvalue weighted by Crippen LogP contribution is -1.83. The molecule has 0 heteroatoms. The van der Waals surface area contributed by atoms with Crippen LogP contribution in [0.25, 0.3) is 0 Å². The monoisotopic (exact) mass is 242 g/mol. The van der Waals surface area contributed by atoms with E-state index in [2.05, 4.69) is 58.2 Å². The lowest BCUT2D eigenvalue weighted by atomic mass is 10.0. The molecule has 0 aromatic carbocycles. The van der Waals surface area contributed by atoms with Crippen LogP contribution in [0, 0.1) is 0 Å². The van der Waals surface area contributed by atoms with Gasteiger partial charge in [0.15, 0.2) is 0 Å². The average Bonchev–Trinajstić information content (AvgIpc) is 2.40. The third-order valence-electron chi connectivity index (χ3n) is 2.94. The van der Waals surface area contributed by atoms with Crippen molar-refractivity contribution in [1.82, 2.24) is 0 Å². The third kappa shape index (κ3) is 6.90. The van der Waals surface area contributed by atoms with Crippen molar-refractivity contribution in [3.8, 4) is 0 Å². The highest BCUT2D eigenvalue weighted by molar-refractivity contribution is 5.30. The van der Waals surface area contributed by atoms with Crippen molar-refractivity contribution in [1.29, 1.82) is 0 Å². The van der Waals surface area contributed by atoms with Gasteiger partial charge in [0, 0.05) is 0 Å². The molecular formula is C18H26. The Labute approximate surface area is 113 Å². The molecule has 0 aromatic heterocycles. The molecular weight excluding hydrogens is 216 g/mol. The molecule has 0 rings (SSSR count). The minimum atomic E-state index is 0.962. The van der Waals surface area contributed by atoms with Crippen molar-refractivity contribution < 1.29 is 0 Å². The van der Waals surface area contributed by atoms with Gasteiger partial charge in [0.25, 0.3) is 0 Å². The van der Waals surface area contributed by atoms with E-state index in [1.54, 1.807) is 0 Å². The molecule has 0 saturated carbocycles. The molecule has 98 valence electrons. The van der Waals surface area contributed by atoms with Gasteiger partial charge in [0.05, 0.1) is 0 Å². The van der Waals surface area contributed by atoms with E-state index in [1.165, 1.54) is 22.3 Å². The van der Waals surface area contributed by atoms with Gasteiger partial charge in [0.2, 0.25) is 0 Å². The Hall–Kier alpha value is -1.56. The number of hydrogen-bond donors (Lipinski definition) is 0. The Balaban J connectivity index is 4.74. The van der Waals surface area contributed by atoms with Gasteiger partial charge in [-0.25, -0.2) is 0 Å². The van der Waals surface area contributed by atoms with E-state index in [9.17, 15) is 0 Å². The normalized spacial score (nSPS) is 14.7. The first-order valence-electron chi connectivity index (χ1n) is 6.45. The molecule has 0 unspecified atom stereocenters. The second-order valence-corrected chi connectivity index (χ2v) is 4.52. The van der Waals surface area contributed by atoms with Gasteiger partial charge in [-0.2, -0.15) is 0 Å². The van der Waals surface area contributed by atoms with Crippen LogP contribution >= 0.6 is 0 Å². The molecule has 0 atom stereocenters. The zero-order valence-corrected chi connectivity index (χ0v) is 12.3. The summed E-state index contributed by atoms with van der Waals surface area (Å²) in [5.41, 5.74) is 5.22. The fourth-order valence-electron chi connectivity index (χ4n) is 1.55. The molecule has 0 aliphatic rings. The van der Waals surface area contributed by atoms with E-state index in [1.807, 2.05) is 19.1 Å². The summed E-state index contributed by atoms with van der Waals surface area (Å²) < 4.78 is 0. The summed E-state index contributed by atoms with van der Waals surface area (Å²) in [5, 5.41) is 0. The standard InChI is InChI=1S/C18H26/c1-7-15(5)13-18(10-4)12-11-16(6)14-17(8-2)9-3/h7-12H,2,4,13-14H2,1,3,5-6H3/b15-7+,16-11+,17-9+,18-12+. The van der Waals surface area contributed by atoms with Crippen LogP contribution in [0.4, 0.5) is 0 Å². The number of allylic oxidation sites excluding steroid dienone is 10. The van der Waals surface area contributed by atoms with E-state index in [-0.39, 0.29) is 0 Å². The summed E-state index contributed by atoms with van der Waals surface area (Å²) >= 11 is 0. The maximum atomic E-state index is 3.87. The quantitative estimate of drug-likeness (QED) is 0.384. The van der Waals surface area contributed by atoms with Crippen molar-refractivity contribution in [2.75, 3.05) is 0 Å². The molecule has 0 fully saturated rings. The maximum Gasteiger partial charge on any atom is -0.00702 e.